The fourth-order valence-electron chi connectivity index (χ4n) is 4.01. The molecule has 0 radical (unpaired) electrons. The van der Waals surface area contributed by atoms with Crippen molar-refractivity contribution in [2.45, 2.75) is 13.0 Å². The molecular weight excluding hydrogens is 440 g/mol. The van der Waals surface area contributed by atoms with Crippen LogP contribution in [0.5, 0.6) is 0 Å². The van der Waals surface area contributed by atoms with Crippen LogP contribution < -0.4 is 5.32 Å². The van der Waals surface area contributed by atoms with Gasteiger partial charge >= 0.3 is 6.03 Å². The van der Waals surface area contributed by atoms with Crippen molar-refractivity contribution in [3.8, 4) is 0 Å². The molecule has 4 rings (SSSR count). The summed E-state index contributed by atoms with van der Waals surface area (Å²) in [4.78, 5) is 15.6. The number of benzene rings is 4. The molecule has 0 atom stereocenters. The maximum atomic E-state index is 13.7. The van der Waals surface area contributed by atoms with Gasteiger partial charge in [0.25, 0.3) is 0 Å². The van der Waals surface area contributed by atoms with Crippen LogP contribution in [0.4, 0.5) is 10.5 Å². The highest BCUT2D eigenvalue weighted by Gasteiger charge is 2.27. The molecule has 0 fully saturated rings. The zero-order chi connectivity index (χ0) is 23.8. The van der Waals surface area contributed by atoms with E-state index < -0.39 is 0 Å². The lowest BCUT2D eigenvalue weighted by atomic mass is 9.96. The second-order valence-electron chi connectivity index (χ2n) is 8.19. The maximum Gasteiger partial charge on any atom is 0.322 e. The summed E-state index contributed by atoms with van der Waals surface area (Å²) in [6.45, 7) is 2.51. The summed E-state index contributed by atoms with van der Waals surface area (Å²) >= 11 is 6.16. The van der Waals surface area contributed by atoms with Crippen molar-refractivity contribution in [1.29, 1.82) is 0 Å². The third-order valence-corrected chi connectivity index (χ3v) is 5.75. The van der Waals surface area contributed by atoms with Crippen molar-refractivity contribution in [3.05, 3.63) is 143 Å². The monoisotopic (exact) mass is 466 g/mol. The summed E-state index contributed by atoms with van der Waals surface area (Å²) < 4.78 is 0. The van der Waals surface area contributed by atoms with E-state index in [4.69, 9.17) is 11.6 Å². The molecule has 170 valence electrons. The Labute approximate surface area is 206 Å². The Hall–Kier alpha value is -3.82. The zero-order valence-electron chi connectivity index (χ0n) is 19.1. The van der Waals surface area contributed by atoms with E-state index in [1.807, 2.05) is 71.6 Å². The molecule has 0 aliphatic carbocycles. The predicted molar refractivity (Wildman–Crippen MR) is 142 cm³/mol. The number of hydrogen-bond acceptors (Lipinski definition) is 1. The number of amides is 2. The van der Waals surface area contributed by atoms with E-state index in [0.29, 0.717) is 17.3 Å². The minimum atomic E-state index is -0.263. The van der Waals surface area contributed by atoms with Gasteiger partial charge in [-0.25, -0.2) is 4.79 Å². The van der Waals surface area contributed by atoms with Crippen LogP contribution in [-0.4, -0.2) is 17.5 Å². The van der Waals surface area contributed by atoms with Gasteiger partial charge in [-0.3, -0.25) is 0 Å². The molecule has 0 saturated heterocycles. The largest absolute Gasteiger partial charge is 0.322 e. The van der Waals surface area contributed by atoms with Crippen LogP contribution in [0, 0.1) is 0 Å². The third-order valence-electron chi connectivity index (χ3n) is 5.51. The lowest BCUT2D eigenvalue weighted by Crippen LogP contribution is -2.39. The van der Waals surface area contributed by atoms with Crippen molar-refractivity contribution < 1.29 is 4.79 Å². The van der Waals surface area contributed by atoms with Gasteiger partial charge in [0.05, 0.1) is 6.04 Å². The topological polar surface area (TPSA) is 32.3 Å². The fourth-order valence-corrected chi connectivity index (χ4v) is 4.20. The van der Waals surface area contributed by atoms with E-state index in [9.17, 15) is 4.79 Å². The minimum absolute atomic E-state index is 0.194. The van der Waals surface area contributed by atoms with Crippen molar-refractivity contribution in [3.63, 3.8) is 0 Å². The van der Waals surface area contributed by atoms with E-state index in [0.717, 1.165) is 22.3 Å². The van der Waals surface area contributed by atoms with Crippen molar-refractivity contribution in [1.82, 2.24) is 4.90 Å². The van der Waals surface area contributed by atoms with Crippen molar-refractivity contribution in [2.24, 2.45) is 0 Å². The van der Waals surface area contributed by atoms with E-state index in [1.54, 1.807) is 12.1 Å². The molecule has 4 aromatic carbocycles. The first-order valence-corrected chi connectivity index (χ1v) is 11.6. The maximum absolute atomic E-state index is 13.7. The highest BCUT2D eigenvalue weighted by Crippen LogP contribution is 2.30. The first kappa shape index (κ1) is 23.3. The van der Waals surface area contributed by atoms with Crippen LogP contribution in [0.25, 0.3) is 6.08 Å². The second-order valence-corrected chi connectivity index (χ2v) is 8.63. The number of nitrogens with one attached hydrogen (secondary N) is 1. The zero-order valence-corrected chi connectivity index (χ0v) is 19.8. The molecule has 0 bridgehead atoms. The highest BCUT2D eigenvalue weighted by atomic mass is 35.5. The summed E-state index contributed by atoms with van der Waals surface area (Å²) in [5.41, 5.74) is 4.92. The molecule has 4 heteroatoms. The van der Waals surface area contributed by atoms with Gasteiger partial charge in [-0.2, -0.15) is 0 Å². The normalized spacial score (nSPS) is 11.3. The number of urea groups is 1. The number of halogens is 1. The molecule has 0 aliphatic heterocycles. The van der Waals surface area contributed by atoms with E-state index >= 15 is 0 Å². The molecule has 0 spiro atoms. The lowest BCUT2D eigenvalue weighted by molar-refractivity contribution is 0.203. The molecule has 0 aromatic heterocycles. The first-order chi connectivity index (χ1) is 16.6. The van der Waals surface area contributed by atoms with Gasteiger partial charge in [0.15, 0.2) is 0 Å². The average molecular weight is 467 g/mol. The van der Waals surface area contributed by atoms with Crippen LogP contribution in [0.2, 0.25) is 5.02 Å². The Kier molecular flexibility index (Phi) is 7.79. The highest BCUT2D eigenvalue weighted by molar-refractivity contribution is 6.30. The Morgan fingerprint density at radius 1 is 0.824 bits per heavy atom. The number of rotatable bonds is 7. The second kappa shape index (κ2) is 11.4. The summed E-state index contributed by atoms with van der Waals surface area (Å²) in [6, 6.07) is 37.2. The summed E-state index contributed by atoms with van der Waals surface area (Å²) in [5, 5.41) is 3.62. The molecule has 0 heterocycles. The smallest absolute Gasteiger partial charge is 0.309 e. The van der Waals surface area contributed by atoms with Crippen molar-refractivity contribution in [2.75, 3.05) is 11.9 Å². The number of hydrogen-bond donors (Lipinski definition) is 1. The molecule has 0 aliphatic rings. The predicted octanol–water partition coefficient (Wildman–Crippen LogP) is 8.07. The summed E-state index contributed by atoms with van der Waals surface area (Å²) in [6.07, 6.45) is 2.12. The van der Waals surface area contributed by atoms with E-state index in [-0.39, 0.29) is 12.1 Å². The molecule has 34 heavy (non-hydrogen) atoms. The van der Waals surface area contributed by atoms with Gasteiger partial charge in [-0.15, -0.1) is 0 Å². The summed E-state index contributed by atoms with van der Waals surface area (Å²) in [7, 11) is 0. The molecule has 3 nitrogen and oxygen atoms in total. The number of anilines is 1. The Bertz CT molecular complexity index is 1200. The first-order valence-electron chi connectivity index (χ1n) is 11.3. The Morgan fingerprint density at radius 3 is 1.94 bits per heavy atom. The quantitative estimate of drug-likeness (QED) is 0.293. The minimum Gasteiger partial charge on any atom is -0.309 e. The van der Waals surface area contributed by atoms with Gasteiger partial charge < -0.3 is 10.2 Å². The SMILES string of the molecule is C/C(=C\c1ccccc1)CN(C(=O)Nc1cccc(Cl)c1)C(c1ccccc1)c1ccccc1. The third kappa shape index (κ3) is 6.15. The van der Waals surface area contributed by atoms with Gasteiger partial charge in [-0.1, -0.05) is 120 Å². The van der Waals surface area contributed by atoms with Crippen LogP contribution in [0.1, 0.15) is 29.7 Å². The standard InChI is InChI=1S/C30H27ClN2O/c1-23(20-24-12-5-2-6-13-24)22-33(30(34)32-28-19-11-18-27(31)21-28)29(25-14-7-3-8-15-25)26-16-9-4-10-17-26/h2-21,29H,22H2,1H3,(H,32,34)/b23-20+. The van der Waals surface area contributed by atoms with Gasteiger partial charge in [0, 0.05) is 17.3 Å². The van der Waals surface area contributed by atoms with Crippen LogP contribution >= 0.6 is 11.6 Å². The van der Waals surface area contributed by atoms with Crippen molar-refractivity contribution >= 4 is 29.4 Å². The number of carbonyl (C=O) groups excluding carboxylic acids is 1. The average Bonchev–Trinajstić information content (AvgIpc) is 2.85. The molecule has 0 saturated carbocycles. The van der Waals surface area contributed by atoms with Gasteiger partial charge in [0.2, 0.25) is 0 Å². The van der Waals surface area contributed by atoms with Crippen LogP contribution in [-0.2, 0) is 0 Å². The molecule has 2 amide bonds. The molecule has 1 N–H and O–H groups in total. The van der Waals surface area contributed by atoms with Crippen LogP contribution in [0.15, 0.2) is 121 Å². The van der Waals surface area contributed by atoms with Crippen LogP contribution in [0.3, 0.4) is 0 Å². The molecular formula is C30H27ClN2O. The lowest BCUT2D eigenvalue weighted by Gasteiger charge is -2.33. The number of carbonyl (C=O) groups is 1. The number of nitrogens with zero attached hydrogens (tertiary/aromatic N) is 1. The van der Waals surface area contributed by atoms with Gasteiger partial charge in [0.1, 0.15) is 0 Å². The van der Waals surface area contributed by atoms with E-state index in [2.05, 4.69) is 54.7 Å². The summed E-state index contributed by atoms with van der Waals surface area (Å²) in [5.74, 6) is 0. The van der Waals surface area contributed by atoms with Gasteiger partial charge in [-0.05, 0) is 41.8 Å². The molecule has 4 aromatic rings. The Balaban J connectivity index is 1.74. The fraction of sp³-hybridized carbons (Fsp3) is 0.100. The van der Waals surface area contributed by atoms with E-state index in [1.165, 1.54) is 0 Å². The molecule has 0 unspecified atom stereocenters. The Morgan fingerprint density at radius 2 is 1.38 bits per heavy atom.